The molecule has 2 rings (SSSR count). The molecule has 0 radical (unpaired) electrons. The number of aliphatic carboxylic acids is 1. The molecule has 0 unspecified atom stereocenters. The molecule has 0 bridgehead atoms. The molecule has 0 aliphatic carbocycles. The molecule has 2 fully saturated rings. The zero-order valence-electron chi connectivity index (χ0n) is 11.7. The first-order valence-electron chi connectivity index (χ1n) is 6.97. The highest BCUT2D eigenvalue weighted by molar-refractivity contribution is 5.84. The molecule has 2 aliphatic heterocycles. The first-order valence-corrected chi connectivity index (χ1v) is 6.97. The first-order chi connectivity index (χ1) is 9.47. The molecule has 7 nitrogen and oxygen atoms in total. The van der Waals surface area contributed by atoms with Crippen LogP contribution in [0.15, 0.2) is 0 Å². The fraction of sp³-hybridized carbons (Fsp3) is 0.769. The molecule has 2 saturated heterocycles. The number of carboxylic acids is 1. The molecule has 3 amide bonds. The summed E-state index contributed by atoms with van der Waals surface area (Å²) in [5, 5.41) is 8.66. The quantitative estimate of drug-likeness (QED) is 0.791. The van der Waals surface area contributed by atoms with Gasteiger partial charge >= 0.3 is 12.0 Å². The SMILES string of the molecule is CN(CC(=O)N1CCCC1)C(=O)N1CC(CC(=O)O)C1. The second kappa shape index (κ2) is 6.11. The topological polar surface area (TPSA) is 81.2 Å². The Labute approximate surface area is 118 Å². The Bertz CT molecular complexity index is 400. The summed E-state index contributed by atoms with van der Waals surface area (Å²) >= 11 is 0. The molecule has 2 heterocycles. The molecule has 0 spiro atoms. The van der Waals surface area contributed by atoms with Crippen molar-refractivity contribution in [3.8, 4) is 0 Å². The number of hydrogen-bond donors (Lipinski definition) is 1. The normalized spacial score (nSPS) is 18.9. The average molecular weight is 283 g/mol. The van der Waals surface area contributed by atoms with Gasteiger partial charge in [-0.05, 0) is 12.8 Å². The number of carbonyl (C=O) groups is 3. The van der Waals surface area contributed by atoms with E-state index in [1.54, 1.807) is 16.8 Å². The summed E-state index contributed by atoms with van der Waals surface area (Å²) in [6.07, 6.45) is 2.17. The largest absolute Gasteiger partial charge is 0.481 e. The fourth-order valence-electron chi connectivity index (χ4n) is 2.68. The molecule has 0 saturated carbocycles. The van der Waals surface area contributed by atoms with Crippen molar-refractivity contribution in [3.05, 3.63) is 0 Å². The van der Waals surface area contributed by atoms with Gasteiger partial charge in [-0.2, -0.15) is 0 Å². The summed E-state index contributed by atoms with van der Waals surface area (Å²) in [6.45, 7) is 2.59. The van der Waals surface area contributed by atoms with Gasteiger partial charge in [0.1, 0.15) is 6.54 Å². The van der Waals surface area contributed by atoms with Crippen molar-refractivity contribution in [1.82, 2.24) is 14.7 Å². The van der Waals surface area contributed by atoms with Gasteiger partial charge in [-0.3, -0.25) is 9.59 Å². The van der Waals surface area contributed by atoms with E-state index in [9.17, 15) is 14.4 Å². The van der Waals surface area contributed by atoms with Crippen molar-refractivity contribution in [2.24, 2.45) is 5.92 Å². The molecule has 2 aliphatic rings. The van der Waals surface area contributed by atoms with E-state index in [-0.39, 0.29) is 30.8 Å². The van der Waals surface area contributed by atoms with Gasteiger partial charge in [-0.25, -0.2) is 4.79 Å². The lowest BCUT2D eigenvalue weighted by Crippen LogP contribution is -2.55. The van der Waals surface area contributed by atoms with E-state index >= 15 is 0 Å². The standard InChI is InChI=1S/C13H21N3O4/c1-14(9-11(17)15-4-2-3-5-15)13(20)16-7-10(8-16)6-12(18)19/h10H,2-9H2,1H3,(H,18,19). The average Bonchev–Trinajstić information content (AvgIpc) is 2.85. The highest BCUT2D eigenvalue weighted by Crippen LogP contribution is 2.20. The Balaban J connectivity index is 1.73. The molecule has 0 aromatic heterocycles. The summed E-state index contributed by atoms with van der Waals surface area (Å²) in [5.74, 6) is -0.806. The van der Waals surface area contributed by atoms with Gasteiger partial charge in [0.25, 0.3) is 0 Å². The molecule has 7 heteroatoms. The monoisotopic (exact) mass is 283 g/mol. The third kappa shape index (κ3) is 3.40. The van der Waals surface area contributed by atoms with Gasteiger partial charge in [0.2, 0.25) is 5.91 Å². The van der Waals surface area contributed by atoms with E-state index in [2.05, 4.69) is 0 Å². The molecular weight excluding hydrogens is 262 g/mol. The Morgan fingerprint density at radius 3 is 2.30 bits per heavy atom. The van der Waals surface area contributed by atoms with Crippen LogP contribution in [0.25, 0.3) is 0 Å². The van der Waals surface area contributed by atoms with Gasteiger partial charge in [0, 0.05) is 39.1 Å². The lowest BCUT2D eigenvalue weighted by Gasteiger charge is -2.40. The maximum atomic E-state index is 12.0. The van der Waals surface area contributed by atoms with Gasteiger partial charge in [-0.15, -0.1) is 0 Å². The van der Waals surface area contributed by atoms with Crippen LogP contribution < -0.4 is 0 Å². The number of urea groups is 1. The number of carboxylic acid groups (broad SMARTS) is 1. The lowest BCUT2D eigenvalue weighted by atomic mass is 9.97. The van der Waals surface area contributed by atoms with Gasteiger partial charge < -0.3 is 19.8 Å². The minimum atomic E-state index is -0.834. The van der Waals surface area contributed by atoms with Crippen LogP contribution in [0.1, 0.15) is 19.3 Å². The first kappa shape index (κ1) is 14.6. The van der Waals surface area contributed by atoms with Gasteiger partial charge in [0.15, 0.2) is 0 Å². The van der Waals surface area contributed by atoms with Crippen molar-refractivity contribution in [2.75, 3.05) is 39.8 Å². The van der Waals surface area contributed by atoms with E-state index in [0.717, 1.165) is 25.9 Å². The number of carbonyl (C=O) groups excluding carboxylic acids is 2. The number of hydrogen-bond acceptors (Lipinski definition) is 3. The summed E-state index contributed by atoms with van der Waals surface area (Å²) in [6, 6.07) is -0.195. The Kier molecular flexibility index (Phi) is 4.46. The molecule has 0 aromatic carbocycles. The van der Waals surface area contributed by atoms with Crippen molar-refractivity contribution in [3.63, 3.8) is 0 Å². The van der Waals surface area contributed by atoms with Crippen LogP contribution in [0.2, 0.25) is 0 Å². The Hall–Kier alpha value is -1.79. The van der Waals surface area contributed by atoms with E-state index in [1.165, 1.54) is 4.90 Å². The van der Waals surface area contributed by atoms with Crippen LogP contribution in [0.4, 0.5) is 4.79 Å². The number of likely N-dealkylation sites (N-methyl/N-ethyl adjacent to an activating group) is 1. The van der Waals surface area contributed by atoms with Crippen molar-refractivity contribution >= 4 is 17.9 Å². The zero-order valence-corrected chi connectivity index (χ0v) is 11.7. The van der Waals surface area contributed by atoms with Gasteiger partial charge in [-0.1, -0.05) is 0 Å². The van der Waals surface area contributed by atoms with Crippen molar-refractivity contribution < 1.29 is 19.5 Å². The minimum absolute atomic E-state index is 0.0130. The maximum Gasteiger partial charge on any atom is 0.320 e. The predicted molar refractivity (Wildman–Crippen MR) is 71.2 cm³/mol. The van der Waals surface area contributed by atoms with Crippen LogP contribution >= 0.6 is 0 Å². The second-order valence-corrected chi connectivity index (χ2v) is 5.60. The molecule has 0 aromatic rings. The number of rotatable bonds is 4. The summed E-state index contributed by atoms with van der Waals surface area (Å²) in [4.78, 5) is 39.3. The molecule has 0 atom stereocenters. The molecule has 1 N–H and O–H groups in total. The third-order valence-corrected chi connectivity index (χ3v) is 3.85. The third-order valence-electron chi connectivity index (χ3n) is 3.85. The van der Waals surface area contributed by atoms with E-state index in [0.29, 0.717) is 13.1 Å². The molecular formula is C13H21N3O4. The minimum Gasteiger partial charge on any atom is -0.481 e. The molecule has 112 valence electrons. The highest BCUT2D eigenvalue weighted by Gasteiger charge is 2.34. The van der Waals surface area contributed by atoms with Gasteiger partial charge in [0.05, 0.1) is 6.42 Å². The van der Waals surface area contributed by atoms with E-state index in [1.807, 2.05) is 0 Å². The highest BCUT2D eigenvalue weighted by atomic mass is 16.4. The Morgan fingerprint density at radius 2 is 1.75 bits per heavy atom. The number of amides is 3. The summed E-state index contributed by atoms with van der Waals surface area (Å²) in [5.41, 5.74) is 0. The summed E-state index contributed by atoms with van der Waals surface area (Å²) < 4.78 is 0. The maximum absolute atomic E-state index is 12.0. The second-order valence-electron chi connectivity index (χ2n) is 5.60. The van der Waals surface area contributed by atoms with Crippen LogP contribution in [0.5, 0.6) is 0 Å². The summed E-state index contributed by atoms with van der Waals surface area (Å²) in [7, 11) is 1.61. The van der Waals surface area contributed by atoms with E-state index < -0.39 is 5.97 Å². The molecule has 20 heavy (non-hydrogen) atoms. The number of nitrogens with zero attached hydrogens (tertiary/aromatic N) is 3. The van der Waals surface area contributed by atoms with E-state index in [4.69, 9.17) is 5.11 Å². The predicted octanol–water partition coefficient (Wildman–Crippen LogP) is 0.0671. The van der Waals surface area contributed by atoms with Crippen molar-refractivity contribution in [1.29, 1.82) is 0 Å². The smallest absolute Gasteiger partial charge is 0.320 e. The van der Waals surface area contributed by atoms with Crippen LogP contribution in [0.3, 0.4) is 0 Å². The van der Waals surface area contributed by atoms with Crippen LogP contribution in [0, 0.1) is 5.92 Å². The number of likely N-dealkylation sites (tertiary alicyclic amines) is 2. The Morgan fingerprint density at radius 1 is 1.15 bits per heavy atom. The fourth-order valence-corrected chi connectivity index (χ4v) is 2.68. The van der Waals surface area contributed by atoms with Crippen molar-refractivity contribution in [2.45, 2.75) is 19.3 Å². The zero-order chi connectivity index (χ0) is 14.7. The van der Waals surface area contributed by atoms with Crippen LogP contribution in [-0.4, -0.2) is 77.5 Å². The van der Waals surface area contributed by atoms with Crippen LogP contribution in [-0.2, 0) is 9.59 Å². The lowest BCUT2D eigenvalue weighted by molar-refractivity contribution is -0.139.